The van der Waals surface area contributed by atoms with Crippen LogP contribution in [0.4, 0.5) is 5.69 Å². The van der Waals surface area contributed by atoms with Gasteiger partial charge in [0.1, 0.15) is 20.6 Å². The fraction of sp³-hybridized carbons (Fsp3) is 0.0833. The van der Waals surface area contributed by atoms with Gasteiger partial charge in [-0.15, -0.1) is 11.3 Å². The molecule has 5 nitrogen and oxygen atoms in total. The van der Waals surface area contributed by atoms with E-state index in [0.717, 1.165) is 15.1 Å². The molecule has 2 aromatic rings. The summed E-state index contributed by atoms with van der Waals surface area (Å²) in [6.07, 6.45) is 0. The number of para-hydroxylation sites is 1. The van der Waals surface area contributed by atoms with E-state index < -0.39 is 10.0 Å². The Morgan fingerprint density at radius 3 is 2.62 bits per heavy atom. The largest absolute Gasteiger partial charge is 0.495 e. The highest BCUT2D eigenvalue weighted by Gasteiger charge is 2.21. The van der Waals surface area contributed by atoms with Gasteiger partial charge in [-0.05, 0) is 40.2 Å². The lowest BCUT2D eigenvalue weighted by atomic mass is 10.1. The highest BCUT2D eigenvalue weighted by Crippen LogP contribution is 2.33. The number of rotatable bonds is 5. The molecule has 0 atom stereocenters. The molecule has 1 aromatic carbocycles. The molecule has 0 saturated carbocycles. The molecule has 0 amide bonds. The molecule has 0 radical (unpaired) electrons. The van der Waals surface area contributed by atoms with Gasteiger partial charge in [0.15, 0.2) is 0 Å². The van der Waals surface area contributed by atoms with E-state index in [0.29, 0.717) is 11.3 Å². The van der Waals surface area contributed by atoms with Gasteiger partial charge in [-0.3, -0.25) is 4.72 Å². The van der Waals surface area contributed by atoms with Crippen LogP contribution in [-0.4, -0.2) is 20.5 Å². The van der Waals surface area contributed by atoms with E-state index in [4.69, 9.17) is 22.7 Å². The Hall–Kier alpha value is -1.16. The normalized spacial score (nSPS) is 11.1. The van der Waals surface area contributed by atoms with Crippen molar-refractivity contribution < 1.29 is 13.2 Å². The van der Waals surface area contributed by atoms with E-state index in [9.17, 15) is 8.42 Å². The van der Waals surface area contributed by atoms with Gasteiger partial charge in [-0.25, -0.2) is 8.42 Å². The highest BCUT2D eigenvalue weighted by molar-refractivity contribution is 9.11. The summed E-state index contributed by atoms with van der Waals surface area (Å²) < 4.78 is 33.4. The van der Waals surface area contributed by atoms with Gasteiger partial charge >= 0.3 is 0 Å². The van der Waals surface area contributed by atoms with Crippen molar-refractivity contribution in [1.82, 2.24) is 0 Å². The zero-order valence-corrected chi connectivity index (χ0v) is 14.8. The lowest BCUT2D eigenvalue weighted by molar-refractivity contribution is 0.417. The van der Waals surface area contributed by atoms with Crippen molar-refractivity contribution in [2.24, 2.45) is 5.73 Å². The zero-order chi connectivity index (χ0) is 15.6. The van der Waals surface area contributed by atoms with Crippen molar-refractivity contribution in [1.29, 1.82) is 0 Å². The van der Waals surface area contributed by atoms with Crippen LogP contribution in [0.5, 0.6) is 5.75 Å². The van der Waals surface area contributed by atoms with E-state index >= 15 is 0 Å². The Morgan fingerprint density at radius 1 is 1.38 bits per heavy atom. The molecule has 9 heteroatoms. The minimum Gasteiger partial charge on any atom is -0.495 e. The maximum Gasteiger partial charge on any atom is 0.271 e. The molecule has 1 aromatic heterocycles. The second kappa shape index (κ2) is 6.30. The molecule has 21 heavy (non-hydrogen) atoms. The van der Waals surface area contributed by atoms with Crippen LogP contribution in [-0.2, 0) is 10.0 Å². The lowest BCUT2D eigenvalue weighted by Crippen LogP contribution is -2.18. The van der Waals surface area contributed by atoms with Crippen LogP contribution in [0.3, 0.4) is 0 Å². The standard InChI is InChI=1S/C12H11BrN2O3S3/c1-18-8-4-2-3-7(12(14)19)11(8)15-21(16,17)10-6-5-9(13)20-10/h2-6,15H,1H3,(H2,14,19). The monoisotopic (exact) mass is 406 g/mol. The van der Waals surface area contributed by atoms with E-state index in [1.165, 1.54) is 13.2 Å². The first-order valence-corrected chi connectivity index (χ1v) is 9.10. The number of anilines is 1. The number of hydrogen-bond donors (Lipinski definition) is 2. The summed E-state index contributed by atoms with van der Waals surface area (Å²) in [5.41, 5.74) is 6.28. The molecule has 0 unspecified atom stereocenters. The third kappa shape index (κ3) is 3.54. The number of thiocarbonyl (C=S) groups is 1. The third-order valence-electron chi connectivity index (χ3n) is 2.56. The minimum atomic E-state index is -3.74. The van der Waals surface area contributed by atoms with Crippen LogP contribution in [0, 0.1) is 0 Å². The molecule has 0 spiro atoms. The maximum absolute atomic E-state index is 12.4. The van der Waals surface area contributed by atoms with E-state index in [1.54, 1.807) is 24.3 Å². The van der Waals surface area contributed by atoms with Crippen molar-refractivity contribution in [3.63, 3.8) is 0 Å². The molecular formula is C12H11BrN2O3S3. The van der Waals surface area contributed by atoms with Gasteiger partial charge in [0.25, 0.3) is 10.0 Å². The SMILES string of the molecule is COc1cccc(C(N)=S)c1NS(=O)(=O)c1ccc(Br)s1. The summed E-state index contributed by atoms with van der Waals surface area (Å²) in [4.78, 5) is 0.0824. The molecule has 112 valence electrons. The van der Waals surface area contributed by atoms with Gasteiger partial charge in [0.2, 0.25) is 0 Å². The highest BCUT2D eigenvalue weighted by atomic mass is 79.9. The van der Waals surface area contributed by atoms with Crippen molar-refractivity contribution in [3.05, 3.63) is 39.7 Å². The molecule has 0 aliphatic carbocycles. The molecule has 0 bridgehead atoms. The van der Waals surface area contributed by atoms with E-state index in [2.05, 4.69) is 20.7 Å². The van der Waals surface area contributed by atoms with Crippen molar-refractivity contribution in [2.75, 3.05) is 11.8 Å². The average molecular weight is 407 g/mol. The summed E-state index contributed by atoms with van der Waals surface area (Å²) in [6.45, 7) is 0. The quantitative estimate of drug-likeness (QED) is 0.745. The van der Waals surface area contributed by atoms with Crippen LogP contribution in [0.25, 0.3) is 0 Å². The third-order valence-corrected chi connectivity index (χ3v) is 6.25. The van der Waals surface area contributed by atoms with Crippen LogP contribution >= 0.6 is 39.5 Å². The Balaban J connectivity index is 2.50. The van der Waals surface area contributed by atoms with Crippen LogP contribution < -0.4 is 15.2 Å². The van der Waals surface area contributed by atoms with Crippen molar-refractivity contribution in [2.45, 2.75) is 4.21 Å². The second-order valence-electron chi connectivity index (χ2n) is 3.91. The number of methoxy groups -OCH3 is 1. The molecule has 3 N–H and O–H groups in total. The number of nitrogens with two attached hydrogens (primary N) is 1. The molecule has 0 aliphatic rings. The van der Waals surface area contributed by atoms with Gasteiger partial charge in [-0.1, -0.05) is 18.3 Å². The number of nitrogens with one attached hydrogen (secondary N) is 1. The van der Waals surface area contributed by atoms with Crippen LogP contribution in [0.1, 0.15) is 5.56 Å². The van der Waals surface area contributed by atoms with Crippen molar-refractivity contribution >= 4 is 60.2 Å². The first kappa shape index (κ1) is 16.2. The maximum atomic E-state index is 12.4. The van der Waals surface area contributed by atoms with E-state index in [1.807, 2.05) is 0 Å². The first-order chi connectivity index (χ1) is 9.85. The number of halogens is 1. The summed E-state index contributed by atoms with van der Waals surface area (Å²) in [5, 5.41) is 0. The summed E-state index contributed by atoms with van der Waals surface area (Å²) in [7, 11) is -2.30. The zero-order valence-electron chi connectivity index (χ0n) is 10.8. The summed E-state index contributed by atoms with van der Waals surface area (Å²) >= 11 is 9.29. The Bertz CT molecular complexity index is 787. The molecular weight excluding hydrogens is 396 g/mol. The number of benzene rings is 1. The Morgan fingerprint density at radius 2 is 2.10 bits per heavy atom. The smallest absolute Gasteiger partial charge is 0.271 e. The fourth-order valence-corrected chi connectivity index (χ4v) is 4.91. The molecule has 0 saturated heterocycles. The lowest BCUT2D eigenvalue weighted by Gasteiger charge is -2.14. The molecule has 1 heterocycles. The summed E-state index contributed by atoms with van der Waals surface area (Å²) in [6, 6.07) is 8.12. The van der Waals surface area contributed by atoms with E-state index in [-0.39, 0.29) is 14.9 Å². The van der Waals surface area contributed by atoms with Gasteiger partial charge < -0.3 is 10.5 Å². The minimum absolute atomic E-state index is 0.0824. The van der Waals surface area contributed by atoms with Gasteiger partial charge in [0, 0.05) is 5.56 Å². The predicted molar refractivity (Wildman–Crippen MR) is 91.7 cm³/mol. The average Bonchev–Trinajstić information content (AvgIpc) is 2.86. The van der Waals surface area contributed by atoms with Gasteiger partial charge in [-0.2, -0.15) is 0 Å². The molecule has 2 rings (SSSR count). The van der Waals surface area contributed by atoms with Crippen LogP contribution in [0.15, 0.2) is 38.3 Å². The molecule has 0 fully saturated rings. The predicted octanol–water partition coefficient (Wildman–Crippen LogP) is 2.95. The number of hydrogen-bond acceptors (Lipinski definition) is 5. The van der Waals surface area contributed by atoms with Gasteiger partial charge in [0.05, 0.1) is 10.9 Å². The second-order valence-corrected chi connectivity index (χ2v) is 8.72. The van der Waals surface area contributed by atoms with Crippen molar-refractivity contribution in [3.8, 4) is 5.75 Å². The topological polar surface area (TPSA) is 81.4 Å². The molecule has 0 aliphatic heterocycles. The Labute approximate surface area is 140 Å². The fourth-order valence-electron chi connectivity index (χ4n) is 1.64. The summed E-state index contributed by atoms with van der Waals surface area (Å²) in [5.74, 6) is 0.347. The number of thiophene rings is 1. The first-order valence-electron chi connectivity index (χ1n) is 5.60. The van der Waals surface area contributed by atoms with Crippen LogP contribution in [0.2, 0.25) is 0 Å². The number of ether oxygens (including phenoxy) is 1. The Kier molecular flexibility index (Phi) is 4.87. The number of sulfonamides is 1.